The Morgan fingerprint density at radius 2 is 2.00 bits per heavy atom. The second-order valence-corrected chi connectivity index (χ2v) is 3.97. The number of ether oxygens (including phenoxy) is 2. The summed E-state index contributed by atoms with van der Waals surface area (Å²) in [6.45, 7) is 2.64. The maximum Gasteiger partial charge on any atom is 0.122 e. The van der Waals surface area contributed by atoms with Crippen molar-refractivity contribution in [3.63, 3.8) is 0 Å². The number of aldehydes is 1. The summed E-state index contributed by atoms with van der Waals surface area (Å²) in [6, 6.07) is 7.77. The molecule has 0 fully saturated rings. The summed E-state index contributed by atoms with van der Waals surface area (Å²) < 4.78 is 10.8. The van der Waals surface area contributed by atoms with Crippen LogP contribution in [0.15, 0.2) is 24.3 Å². The first-order valence-corrected chi connectivity index (χ1v) is 5.98. The highest BCUT2D eigenvalue weighted by atomic mass is 16.5. The zero-order chi connectivity index (χ0) is 12.5. The summed E-state index contributed by atoms with van der Waals surface area (Å²) >= 11 is 0. The molecule has 0 bridgehead atoms. The van der Waals surface area contributed by atoms with E-state index in [1.807, 2.05) is 24.3 Å². The van der Waals surface area contributed by atoms with E-state index in [9.17, 15) is 4.79 Å². The maximum absolute atomic E-state index is 10.5. The van der Waals surface area contributed by atoms with Crippen molar-refractivity contribution < 1.29 is 14.3 Å². The van der Waals surface area contributed by atoms with Crippen LogP contribution >= 0.6 is 0 Å². The number of rotatable bonds is 8. The first-order valence-electron chi connectivity index (χ1n) is 5.98. The molecule has 0 radical (unpaired) electrons. The van der Waals surface area contributed by atoms with Crippen LogP contribution in [0.25, 0.3) is 0 Å². The number of hydrogen-bond donors (Lipinski definition) is 0. The average molecular weight is 236 g/mol. The van der Waals surface area contributed by atoms with Gasteiger partial charge in [0.1, 0.15) is 12.0 Å². The van der Waals surface area contributed by atoms with Gasteiger partial charge in [-0.05, 0) is 24.1 Å². The van der Waals surface area contributed by atoms with Gasteiger partial charge in [-0.1, -0.05) is 25.5 Å². The van der Waals surface area contributed by atoms with Gasteiger partial charge < -0.3 is 14.3 Å². The minimum Gasteiger partial charge on any atom is -0.497 e. The monoisotopic (exact) mass is 236 g/mol. The van der Waals surface area contributed by atoms with Crippen molar-refractivity contribution in [1.82, 2.24) is 0 Å². The molecule has 0 aromatic heterocycles. The lowest BCUT2D eigenvalue weighted by Crippen LogP contribution is -2.13. The fourth-order valence-corrected chi connectivity index (χ4v) is 1.63. The van der Waals surface area contributed by atoms with Gasteiger partial charge in [-0.3, -0.25) is 0 Å². The van der Waals surface area contributed by atoms with E-state index in [-0.39, 0.29) is 6.10 Å². The summed E-state index contributed by atoms with van der Waals surface area (Å²) in [5.74, 6) is 0.840. The van der Waals surface area contributed by atoms with E-state index in [2.05, 4.69) is 6.92 Å². The normalized spacial score (nSPS) is 12.1. The van der Waals surface area contributed by atoms with E-state index >= 15 is 0 Å². The predicted octanol–water partition coefficient (Wildman–Crippen LogP) is 2.97. The minimum absolute atomic E-state index is 0.0413. The van der Waals surface area contributed by atoms with Crippen molar-refractivity contribution in [3.05, 3.63) is 29.8 Å². The molecule has 0 spiro atoms. The molecule has 0 aliphatic rings. The maximum atomic E-state index is 10.5. The van der Waals surface area contributed by atoms with Gasteiger partial charge in [0.2, 0.25) is 0 Å². The fraction of sp³-hybridized carbons (Fsp3) is 0.500. The quantitative estimate of drug-likeness (QED) is 0.651. The molecular formula is C14H20O3. The van der Waals surface area contributed by atoms with Gasteiger partial charge in [-0.15, -0.1) is 0 Å². The molecule has 1 atom stereocenters. The number of carbonyl (C=O) groups is 1. The third kappa shape index (κ3) is 5.00. The Morgan fingerprint density at radius 3 is 2.53 bits per heavy atom. The summed E-state index contributed by atoms with van der Waals surface area (Å²) in [5, 5.41) is 0. The van der Waals surface area contributed by atoms with Gasteiger partial charge in [-0.25, -0.2) is 0 Å². The highest BCUT2D eigenvalue weighted by Crippen LogP contribution is 2.14. The number of methoxy groups -OCH3 is 1. The molecule has 0 saturated heterocycles. The molecule has 1 aromatic rings. The van der Waals surface area contributed by atoms with Gasteiger partial charge in [0.25, 0.3) is 0 Å². The van der Waals surface area contributed by atoms with Crippen molar-refractivity contribution in [3.8, 4) is 5.75 Å². The van der Waals surface area contributed by atoms with Crippen LogP contribution in [0.5, 0.6) is 5.75 Å². The summed E-state index contributed by atoms with van der Waals surface area (Å²) in [5.41, 5.74) is 1.10. The summed E-state index contributed by atoms with van der Waals surface area (Å²) in [4.78, 5) is 10.5. The lowest BCUT2D eigenvalue weighted by atomic mass is 10.1. The zero-order valence-corrected chi connectivity index (χ0v) is 10.5. The van der Waals surface area contributed by atoms with E-state index in [0.717, 1.165) is 30.4 Å². The third-order valence-corrected chi connectivity index (χ3v) is 2.61. The highest BCUT2D eigenvalue weighted by molar-refractivity contribution is 5.50. The molecular weight excluding hydrogens is 216 g/mol. The number of hydrogen-bond acceptors (Lipinski definition) is 3. The van der Waals surface area contributed by atoms with Gasteiger partial charge in [0, 0.05) is 6.42 Å². The first kappa shape index (κ1) is 13.7. The van der Waals surface area contributed by atoms with Crippen LogP contribution in [0.4, 0.5) is 0 Å². The number of carbonyl (C=O) groups excluding carboxylic acids is 1. The van der Waals surface area contributed by atoms with Crippen LogP contribution in [0.1, 0.15) is 31.7 Å². The van der Waals surface area contributed by atoms with Crippen molar-refractivity contribution >= 4 is 6.29 Å². The Morgan fingerprint density at radius 1 is 1.29 bits per heavy atom. The summed E-state index contributed by atoms with van der Waals surface area (Å²) in [7, 11) is 1.65. The lowest BCUT2D eigenvalue weighted by molar-refractivity contribution is -0.110. The van der Waals surface area contributed by atoms with E-state index in [1.54, 1.807) is 7.11 Å². The molecule has 3 heteroatoms. The molecule has 0 amide bonds. The van der Waals surface area contributed by atoms with E-state index in [0.29, 0.717) is 13.0 Å². The lowest BCUT2D eigenvalue weighted by Gasteiger charge is -2.14. The zero-order valence-electron chi connectivity index (χ0n) is 10.5. The predicted molar refractivity (Wildman–Crippen MR) is 67.2 cm³/mol. The van der Waals surface area contributed by atoms with Gasteiger partial charge in [0.05, 0.1) is 19.8 Å². The van der Waals surface area contributed by atoms with Crippen LogP contribution in [-0.2, 0) is 16.1 Å². The SMILES string of the molecule is CCC[C@@H](CC=O)OCc1ccc(OC)cc1. The van der Waals surface area contributed by atoms with Crippen molar-refractivity contribution in [1.29, 1.82) is 0 Å². The molecule has 3 nitrogen and oxygen atoms in total. The first-order chi connectivity index (χ1) is 8.30. The minimum atomic E-state index is 0.0413. The van der Waals surface area contributed by atoms with Gasteiger partial charge >= 0.3 is 0 Å². The Bertz CT molecular complexity index is 319. The highest BCUT2D eigenvalue weighted by Gasteiger charge is 2.07. The van der Waals surface area contributed by atoms with E-state index in [4.69, 9.17) is 9.47 Å². The van der Waals surface area contributed by atoms with Gasteiger partial charge in [0.15, 0.2) is 0 Å². The molecule has 17 heavy (non-hydrogen) atoms. The topological polar surface area (TPSA) is 35.5 Å². The smallest absolute Gasteiger partial charge is 0.122 e. The molecule has 94 valence electrons. The molecule has 0 aliphatic heterocycles. The molecule has 0 heterocycles. The van der Waals surface area contributed by atoms with Crippen molar-refractivity contribution in [2.24, 2.45) is 0 Å². The van der Waals surface area contributed by atoms with Gasteiger partial charge in [-0.2, -0.15) is 0 Å². The Balaban J connectivity index is 2.43. The number of benzene rings is 1. The third-order valence-electron chi connectivity index (χ3n) is 2.61. The van der Waals surface area contributed by atoms with Crippen LogP contribution in [0.3, 0.4) is 0 Å². The fourth-order valence-electron chi connectivity index (χ4n) is 1.63. The standard InChI is InChI=1S/C14H20O3/c1-3-4-14(9-10-15)17-11-12-5-7-13(16-2)8-6-12/h5-8,10,14H,3-4,9,11H2,1-2H3/t14-/m0/s1. The second kappa shape index (κ2) is 7.85. The largest absolute Gasteiger partial charge is 0.497 e. The Labute approximate surface area is 103 Å². The average Bonchev–Trinajstić information content (AvgIpc) is 2.37. The summed E-state index contributed by atoms with van der Waals surface area (Å²) in [6.07, 6.45) is 3.40. The van der Waals surface area contributed by atoms with Crippen molar-refractivity contribution in [2.75, 3.05) is 7.11 Å². The molecule has 1 rings (SSSR count). The molecule has 1 aromatic carbocycles. The molecule has 0 saturated carbocycles. The van der Waals surface area contributed by atoms with E-state index < -0.39 is 0 Å². The van der Waals surface area contributed by atoms with Crippen LogP contribution in [-0.4, -0.2) is 19.5 Å². The van der Waals surface area contributed by atoms with Crippen LogP contribution < -0.4 is 4.74 Å². The Kier molecular flexibility index (Phi) is 6.33. The van der Waals surface area contributed by atoms with Crippen LogP contribution in [0, 0.1) is 0 Å². The molecule has 0 aliphatic carbocycles. The molecule has 0 unspecified atom stereocenters. The molecule has 0 N–H and O–H groups in total. The van der Waals surface area contributed by atoms with Crippen LogP contribution in [0.2, 0.25) is 0 Å². The van der Waals surface area contributed by atoms with Crippen molar-refractivity contribution in [2.45, 2.75) is 38.9 Å². The second-order valence-electron chi connectivity index (χ2n) is 3.97. The Hall–Kier alpha value is -1.35. The van der Waals surface area contributed by atoms with E-state index in [1.165, 1.54) is 0 Å².